The SMILES string of the molecule is O=C(O)c1ccc2nc(Cc3ccc([C@@]4(c5ccc(Cl)cc5F)Cc5ccccc5O4)cc3)n(C[C@@H]3CCO3)c2c1. The van der Waals surface area contributed by atoms with E-state index in [1.807, 2.05) is 48.5 Å². The number of aromatic carboxylic acids is 1. The van der Waals surface area contributed by atoms with E-state index >= 15 is 4.39 Å². The molecular weight excluding hydrogens is 543 g/mol. The van der Waals surface area contributed by atoms with Crippen molar-refractivity contribution in [1.29, 1.82) is 0 Å². The number of carbonyl (C=O) groups is 1. The molecule has 4 aromatic carbocycles. The molecule has 2 atom stereocenters. The monoisotopic (exact) mass is 568 g/mol. The summed E-state index contributed by atoms with van der Waals surface area (Å²) >= 11 is 6.09. The van der Waals surface area contributed by atoms with E-state index < -0.39 is 17.4 Å². The van der Waals surface area contributed by atoms with Crippen LogP contribution < -0.4 is 4.74 Å². The van der Waals surface area contributed by atoms with E-state index in [2.05, 4.69) is 4.57 Å². The molecule has 206 valence electrons. The van der Waals surface area contributed by atoms with Gasteiger partial charge in [0.15, 0.2) is 5.60 Å². The molecule has 3 heterocycles. The van der Waals surface area contributed by atoms with Crippen molar-refractivity contribution in [3.05, 3.63) is 129 Å². The number of carboxylic acids is 1. The van der Waals surface area contributed by atoms with Crippen molar-refractivity contribution in [2.45, 2.75) is 37.5 Å². The fraction of sp³-hybridized carbons (Fsp3) is 0.212. The Morgan fingerprint density at radius 3 is 2.59 bits per heavy atom. The normalized spacial score (nSPS) is 19.5. The van der Waals surface area contributed by atoms with E-state index in [-0.39, 0.29) is 11.7 Å². The third-order valence-electron chi connectivity index (χ3n) is 8.10. The van der Waals surface area contributed by atoms with Crippen LogP contribution in [0.4, 0.5) is 4.39 Å². The zero-order chi connectivity index (χ0) is 28.1. The van der Waals surface area contributed by atoms with Gasteiger partial charge in [-0.2, -0.15) is 0 Å². The van der Waals surface area contributed by atoms with Gasteiger partial charge in [-0.25, -0.2) is 14.2 Å². The van der Waals surface area contributed by atoms with Crippen molar-refractivity contribution in [3.8, 4) is 5.75 Å². The molecule has 0 saturated carbocycles. The van der Waals surface area contributed by atoms with Crippen molar-refractivity contribution in [1.82, 2.24) is 9.55 Å². The average molecular weight is 569 g/mol. The van der Waals surface area contributed by atoms with Gasteiger partial charge in [0.25, 0.3) is 0 Å². The molecule has 2 aliphatic rings. The number of rotatable bonds is 7. The van der Waals surface area contributed by atoms with Gasteiger partial charge < -0.3 is 19.1 Å². The number of halogens is 2. The molecule has 7 rings (SSSR count). The summed E-state index contributed by atoms with van der Waals surface area (Å²) in [5.74, 6) is 0.174. The van der Waals surface area contributed by atoms with Crippen LogP contribution in [0.5, 0.6) is 5.75 Å². The largest absolute Gasteiger partial charge is 0.478 e. The Labute approximate surface area is 240 Å². The van der Waals surface area contributed by atoms with Crippen molar-refractivity contribution >= 4 is 28.6 Å². The number of nitrogens with zero attached hydrogens (tertiary/aromatic N) is 2. The lowest BCUT2D eigenvalue weighted by Crippen LogP contribution is -2.34. The van der Waals surface area contributed by atoms with Crippen molar-refractivity contribution in [3.63, 3.8) is 0 Å². The fourth-order valence-electron chi connectivity index (χ4n) is 5.88. The number of hydrogen-bond donors (Lipinski definition) is 1. The maximum atomic E-state index is 15.4. The van der Waals surface area contributed by atoms with Crippen LogP contribution in [0.15, 0.2) is 84.9 Å². The minimum absolute atomic E-state index is 0.0808. The summed E-state index contributed by atoms with van der Waals surface area (Å²) in [6, 6.07) is 25.5. The van der Waals surface area contributed by atoms with Gasteiger partial charge in [0.05, 0.1) is 29.2 Å². The first-order valence-corrected chi connectivity index (χ1v) is 13.9. The molecule has 0 bridgehead atoms. The van der Waals surface area contributed by atoms with Crippen LogP contribution in [0.2, 0.25) is 5.02 Å². The Balaban J connectivity index is 1.25. The van der Waals surface area contributed by atoms with Crippen molar-refractivity contribution in [2.75, 3.05) is 6.61 Å². The summed E-state index contributed by atoms with van der Waals surface area (Å²) in [7, 11) is 0. The summed E-state index contributed by atoms with van der Waals surface area (Å²) in [6.07, 6.45) is 2.06. The summed E-state index contributed by atoms with van der Waals surface area (Å²) < 4.78 is 29.7. The van der Waals surface area contributed by atoms with Crippen LogP contribution in [0.1, 0.15) is 44.9 Å². The molecule has 8 heteroatoms. The Kier molecular flexibility index (Phi) is 6.29. The number of carboxylic acid groups (broad SMARTS) is 1. The average Bonchev–Trinajstić information content (AvgIpc) is 3.49. The number of fused-ring (bicyclic) bond motifs is 2. The number of hydrogen-bond acceptors (Lipinski definition) is 4. The highest BCUT2D eigenvalue weighted by atomic mass is 35.5. The molecule has 0 aliphatic carbocycles. The zero-order valence-electron chi connectivity index (χ0n) is 22.0. The Morgan fingerprint density at radius 1 is 1.07 bits per heavy atom. The van der Waals surface area contributed by atoms with E-state index in [0.717, 1.165) is 52.3 Å². The molecular formula is C33H26ClFN2O4. The molecule has 1 N–H and O–H groups in total. The van der Waals surface area contributed by atoms with Gasteiger partial charge in [0.1, 0.15) is 17.4 Å². The third-order valence-corrected chi connectivity index (χ3v) is 8.33. The molecule has 41 heavy (non-hydrogen) atoms. The van der Waals surface area contributed by atoms with Gasteiger partial charge in [0.2, 0.25) is 0 Å². The number of para-hydroxylation sites is 1. The Morgan fingerprint density at radius 2 is 1.88 bits per heavy atom. The second-order valence-corrected chi connectivity index (χ2v) is 11.1. The summed E-state index contributed by atoms with van der Waals surface area (Å²) in [5.41, 5.74) is 4.01. The summed E-state index contributed by atoms with van der Waals surface area (Å²) in [4.78, 5) is 16.5. The molecule has 1 fully saturated rings. The van der Waals surface area contributed by atoms with Crippen molar-refractivity contribution < 1.29 is 23.8 Å². The molecule has 6 nitrogen and oxygen atoms in total. The van der Waals surface area contributed by atoms with Crippen molar-refractivity contribution in [2.24, 2.45) is 0 Å². The van der Waals surface area contributed by atoms with Crippen LogP contribution in [-0.4, -0.2) is 33.3 Å². The molecule has 1 saturated heterocycles. The topological polar surface area (TPSA) is 73.6 Å². The lowest BCUT2D eigenvalue weighted by Gasteiger charge is -2.31. The lowest BCUT2D eigenvalue weighted by molar-refractivity contribution is -0.0589. The zero-order valence-corrected chi connectivity index (χ0v) is 22.8. The van der Waals surface area contributed by atoms with E-state index in [0.29, 0.717) is 30.0 Å². The summed E-state index contributed by atoms with van der Waals surface area (Å²) in [6.45, 7) is 1.34. The second-order valence-electron chi connectivity index (χ2n) is 10.6. The molecule has 0 spiro atoms. The fourth-order valence-corrected chi connectivity index (χ4v) is 6.03. The number of ether oxygens (including phenoxy) is 2. The first-order valence-electron chi connectivity index (χ1n) is 13.6. The molecule has 0 radical (unpaired) electrons. The highest BCUT2D eigenvalue weighted by molar-refractivity contribution is 6.30. The highest BCUT2D eigenvalue weighted by Crippen LogP contribution is 2.46. The molecule has 0 unspecified atom stereocenters. The van der Waals surface area contributed by atoms with Gasteiger partial charge >= 0.3 is 5.97 Å². The third kappa shape index (κ3) is 4.55. The highest BCUT2D eigenvalue weighted by Gasteiger charge is 2.44. The lowest BCUT2D eigenvalue weighted by atomic mass is 9.82. The Bertz CT molecular complexity index is 1770. The van der Waals surface area contributed by atoms with E-state index in [1.165, 1.54) is 6.07 Å². The first kappa shape index (κ1) is 25.7. The Hall–Kier alpha value is -4.20. The predicted molar refractivity (Wildman–Crippen MR) is 153 cm³/mol. The van der Waals surface area contributed by atoms with Gasteiger partial charge in [-0.15, -0.1) is 0 Å². The van der Waals surface area contributed by atoms with E-state index in [1.54, 1.807) is 30.3 Å². The van der Waals surface area contributed by atoms with Crippen LogP contribution in [0.3, 0.4) is 0 Å². The number of imidazole rings is 1. The van der Waals surface area contributed by atoms with E-state index in [9.17, 15) is 9.90 Å². The smallest absolute Gasteiger partial charge is 0.335 e. The van der Waals surface area contributed by atoms with E-state index in [4.69, 9.17) is 26.1 Å². The molecule has 5 aromatic rings. The predicted octanol–water partition coefficient (Wildman–Crippen LogP) is 6.79. The molecule has 2 aliphatic heterocycles. The minimum Gasteiger partial charge on any atom is -0.478 e. The number of aromatic nitrogens is 2. The minimum atomic E-state index is -1.03. The van der Waals surface area contributed by atoms with Gasteiger partial charge in [-0.1, -0.05) is 60.1 Å². The first-order chi connectivity index (χ1) is 19.9. The van der Waals surface area contributed by atoms with Crippen LogP contribution in [-0.2, 0) is 29.7 Å². The quantitative estimate of drug-likeness (QED) is 0.234. The van der Waals surface area contributed by atoms with Crippen LogP contribution >= 0.6 is 11.6 Å². The molecule has 0 amide bonds. The standard InChI is InChI=1S/C33H26ClFN2O4/c34-24-10-11-26(27(35)17-24)33(18-22-3-1-2-4-30(22)41-33)23-8-5-20(6-9-23)15-31-36-28-12-7-21(32(38)39)16-29(28)37(31)19-25-13-14-40-25/h1-12,16-17,25H,13-15,18-19H2,(H,38,39)/t25-,33+/m0/s1. The second kappa shape index (κ2) is 10.0. The van der Waals surface area contributed by atoms with Gasteiger partial charge in [-0.3, -0.25) is 0 Å². The van der Waals surface area contributed by atoms with Gasteiger partial charge in [-0.05, 0) is 53.9 Å². The van der Waals surface area contributed by atoms with Gasteiger partial charge in [0, 0.05) is 35.6 Å². The maximum Gasteiger partial charge on any atom is 0.335 e. The maximum absolute atomic E-state index is 15.4. The molecule has 1 aromatic heterocycles. The summed E-state index contributed by atoms with van der Waals surface area (Å²) in [5, 5.41) is 9.86. The number of benzene rings is 4. The van der Waals surface area contributed by atoms with Crippen LogP contribution in [0.25, 0.3) is 11.0 Å². The van der Waals surface area contributed by atoms with Crippen LogP contribution in [0, 0.1) is 5.82 Å².